The molecule has 1 aliphatic rings. The van der Waals surface area contributed by atoms with Crippen LogP contribution >= 0.6 is 0 Å². The van der Waals surface area contributed by atoms with E-state index in [0.717, 1.165) is 16.3 Å². The molecule has 3 rings (SSSR count). The summed E-state index contributed by atoms with van der Waals surface area (Å²) >= 11 is 0. The topological polar surface area (TPSA) is 107 Å². The fourth-order valence-electron chi connectivity index (χ4n) is 2.10. The van der Waals surface area contributed by atoms with Crippen molar-refractivity contribution in [2.45, 2.75) is 0 Å². The van der Waals surface area contributed by atoms with Crippen LogP contribution in [0.3, 0.4) is 0 Å². The molecule has 0 aliphatic carbocycles. The van der Waals surface area contributed by atoms with Crippen LogP contribution in [0.4, 0.5) is 0 Å². The number of nitrogens with one attached hydrogen (secondary N) is 3. The second-order valence-corrected chi connectivity index (χ2v) is 4.64. The monoisotopic (exact) mass is 297 g/mol. The number of amides is 1. The first kappa shape index (κ1) is 13.8. The lowest BCUT2D eigenvalue weighted by molar-refractivity contribution is -0.121. The molecule has 22 heavy (non-hydrogen) atoms. The van der Waals surface area contributed by atoms with E-state index < -0.39 is 0 Å². The number of nitrogens with two attached hydrogens (primary N) is 1. The number of guanidine groups is 1. The average Bonchev–Trinajstić information content (AvgIpc) is 2.93. The van der Waals surface area contributed by atoms with Gasteiger partial charge in [0, 0.05) is 5.56 Å². The molecule has 0 atom stereocenters. The molecule has 0 aromatic heterocycles. The minimum absolute atomic E-state index is 0.00475. The molecule has 2 aromatic carbocycles. The molecule has 0 saturated heterocycles. The summed E-state index contributed by atoms with van der Waals surface area (Å²) in [4.78, 5) is 11.8. The Morgan fingerprint density at radius 1 is 1.32 bits per heavy atom. The van der Waals surface area contributed by atoms with Crippen LogP contribution in [0, 0.1) is 0 Å². The van der Waals surface area contributed by atoms with E-state index in [1.165, 1.54) is 5.01 Å². The number of hydrazine groups is 2. The molecule has 0 saturated carbocycles. The Morgan fingerprint density at radius 2 is 2.14 bits per heavy atom. The van der Waals surface area contributed by atoms with Crippen LogP contribution in [0.25, 0.3) is 10.8 Å². The zero-order valence-corrected chi connectivity index (χ0v) is 11.7. The Hall–Kier alpha value is -3.13. The van der Waals surface area contributed by atoms with Crippen molar-refractivity contribution in [2.24, 2.45) is 15.9 Å². The van der Waals surface area contributed by atoms with Crippen LogP contribution in [0.2, 0.25) is 0 Å². The van der Waals surface area contributed by atoms with Crippen LogP contribution in [-0.4, -0.2) is 29.6 Å². The van der Waals surface area contributed by atoms with Crippen molar-refractivity contribution in [3.63, 3.8) is 0 Å². The predicted molar refractivity (Wildman–Crippen MR) is 84.3 cm³/mol. The number of hydrogen-bond donors (Lipinski definition) is 4. The van der Waals surface area contributed by atoms with Crippen molar-refractivity contribution in [3.05, 3.63) is 48.0 Å². The van der Waals surface area contributed by atoms with E-state index >= 15 is 0 Å². The van der Waals surface area contributed by atoms with Gasteiger partial charge in [-0.25, -0.2) is 16.0 Å². The number of carbonyl (C=O) groups is 1. The molecule has 112 valence electrons. The van der Waals surface area contributed by atoms with Gasteiger partial charge in [-0.2, -0.15) is 5.10 Å². The summed E-state index contributed by atoms with van der Waals surface area (Å²) in [5.41, 5.74) is 14.0. The van der Waals surface area contributed by atoms with Gasteiger partial charge in [-0.1, -0.05) is 42.5 Å². The minimum Gasteiger partial charge on any atom is -0.367 e. The maximum Gasteiger partial charge on any atom is 0.261 e. The fourth-order valence-corrected chi connectivity index (χ4v) is 2.10. The summed E-state index contributed by atoms with van der Waals surface area (Å²) in [5, 5.41) is 11.2. The quantitative estimate of drug-likeness (QED) is 0.463. The van der Waals surface area contributed by atoms with Gasteiger partial charge in [0.25, 0.3) is 5.91 Å². The Balaban J connectivity index is 1.64. The molecule has 0 unspecified atom stereocenters. The highest BCUT2D eigenvalue weighted by Gasteiger charge is 2.16. The van der Waals surface area contributed by atoms with Crippen molar-refractivity contribution in [3.8, 4) is 0 Å². The molecule has 0 bridgehead atoms. The third-order valence-corrected chi connectivity index (χ3v) is 3.15. The minimum atomic E-state index is -0.314. The van der Waals surface area contributed by atoms with Gasteiger partial charge in [-0.3, -0.25) is 4.79 Å². The number of nitrogens with zero attached hydrogens (tertiary/aromatic N) is 3. The van der Waals surface area contributed by atoms with E-state index in [0.29, 0.717) is 0 Å². The van der Waals surface area contributed by atoms with E-state index in [4.69, 9.17) is 5.73 Å². The normalized spacial score (nSPS) is 14.2. The standard InChI is InChI=1S/C14H15N7O/c15-14-18-19-20-21(14)9-13(22)17-16-8-11-6-3-5-10-4-1-2-7-12(10)11/h1-8,19-20H,9H2,(H2,15,18)(H,17,22)/b16-8+. The zero-order chi connectivity index (χ0) is 15.4. The fraction of sp³-hybridized carbons (Fsp3) is 0.0714. The molecule has 1 heterocycles. The maximum atomic E-state index is 11.8. The first-order valence-electron chi connectivity index (χ1n) is 6.65. The van der Waals surface area contributed by atoms with E-state index in [9.17, 15) is 4.79 Å². The number of hydrazone groups is 2. The Labute approximate surface area is 126 Å². The highest BCUT2D eigenvalue weighted by molar-refractivity contribution is 6.00. The van der Waals surface area contributed by atoms with Crippen LogP contribution in [0.1, 0.15) is 5.56 Å². The molecule has 8 nitrogen and oxygen atoms in total. The number of hydrogen-bond acceptors (Lipinski definition) is 7. The summed E-state index contributed by atoms with van der Waals surface area (Å²) < 4.78 is 0. The summed E-state index contributed by atoms with van der Waals surface area (Å²) in [7, 11) is 0. The maximum absolute atomic E-state index is 11.8. The van der Waals surface area contributed by atoms with E-state index in [2.05, 4.69) is 26.7 Å². The summed E-state index contributed by atoms with van der Waals surface area (Å²) in [5.74, 6) is -0.126. The molecule has 0 fully saturated rings. The molecule has 8 heteroatoms. The largest absolute Gasteiger partial charge is 0.367 e. The molecular formula is C14H15N7O. The first-order chi connectivity index (χ1) is 10.7. The zero-order valence-electron chi connectivity index (χ0n) is 11.7. The lowest BCUT2D eigenvalue weighted by atomic mass is 10.1. The van der Waals surface area contributed by atoms with Gasteiger partial charge in [0.05, 0.1) is 6.21 Å². The van der Waals surface area contributed by atoms with E-state index in [1.54, 1.807) is 6.21 Å². The van der Waals surface area contributed by atoms with Gasteiger partial charge in [0.15, 0.2) is 0 Å². The summed E-state index contributed by atoms with van der Waals surface area (Å²) in [6.07, 6.45) is 1.62. The van der Waals surface area contributed by atoms with Crippen molar-refractivity contribution in [1.82, 2.24) is 21.5 Å². The van der Waals surface area contributed by atoms with Gasteiger partial charge in [0.2, 0.25) is 5.96 Å². The van der Waals surface area contributed by atoms with Crippen LogP contribution in [0.5, 0.6) is 0 Å². The summed E-state index contributed by atoms with van der Waals surface area (Å²) in [6, 6.07) is 13.9. The van der Waals surface area contributed by atoms with E-state index in [1.807, 2.05) is 42.5 Å². The SMILES string of the molecule is NC1=NNNN1CC(=O)N/N=C/c1cccc2ccccc12. The number of fused-ring (bicyclic) bond motifs is 1. The van der Waals surface area contributed by atoms with Crippen molar-refractivity contribution >= 4 is 28.9 Å². The van der Waals surface area contributed by atoms with Gasteiger partial charge < -0.3 is 5.73 Å². The van der Waals surface area contributed by atoms with Gasteiger partial charge >= 0.3 is 0 Å². The molecule has 1 amide bonds. The van der Waals surface area contributed by atoms with Crippen molar-refractivity contribution in [1.29, 1.82) is 0 Å². The highest BCUT2D eigenvalue weighted by atomic mass is 16.2. The second kappa shape index (κ2) is 6.10. The van der Waals surface area contributed by atoms with Crippen molar-refractivity contribution in [2.75, 3.05) is 6.54 Å². The molecule has 5 N–H and O–H groups in total. The van der Waals surface area contributed by atoms with Crippen molar-refractivity contribution < 1.29 is 4.79 Å². The number of benzene rings is 2. The molecule has 2 aromatic rings. The lowest BCUT2D eigenvalue weighted by Gasteiger charge is -2.14. The molecular weight excluding hydrogens is 282 g/mol. The number of rotatable bonds is 4. The smallest absolute Gasteiger partial charge is 0.261 e. The van der Waals surface area contributed by atoms with Crippen LogP contribution < -0.4 is 22.2 Å². The van der Waals surface area contributed by atoms with Gasteiger partial charge in [-0.15, -0.1) is 10.6 Å². The van der Waals surface area contributed by atoms with Gasteiger partial charge in [0.1, 0.15) is 6.54 Å². The average molecular weight is 297 g/mol. The highest BCUT2D eigenvalue weighted by Crippen LogP contribution is 2.16. The van der Waals surface area contributed by atoms with Crippen LogP contribution in [-0.2, 0) is 4.79 Å². The van der Waals surface area contributed by atoms with Crippen LogP contribution in [0.15, 0.2) is 52.7 Å². The lowest BCUT2D eigenvalue weighted by Crippen LogP contribution is -2.48. The van der Waals surface area contributed by atoms with Gasteiger partial charge in [-0.05, 0) is 10.8 Å². The van der Waals surface area contributed by atoms with E-state index in [-0.39, 0.29) is 18.4 Å². The number of carbonyl (C=O) groups excluding carboxylic acids is 1. The third kappa shape index (κ3) is 2.96. The summed E-state index contributed by atoms with van der Waals surface area (Å²) in [6.45, 7) is -0.00475. The Kier molecular flexibility index (Phi) is 3.84. The predicted octanol–water partition coefficient (Wildman–Crippen LogP) is -0.156. The Morgan fingerprint density at radius 3 is 2.95 bits per heavy atom. The molecule has 1 aliphatic heterocycles. The third-order valence-electron chi connectivity index (χ3n) is 3.15. The second-order valence-electron chi connectivity index (χ2n) is 4.64. The first-order valence-corrected chi connectivity index (χ1v) is 6.65. The molecule has 0 spiro atoms. The Bertz CT molecular complexity index is 750. The molecule has 0 radical (unpaired) electrons.